The van der Waals surface area contributed by atoms with Crippen molar-refractivity contribution in [1.29, 1.82) is 0 Å². The first-order valence-corrected chi connectivity index (χ1v) is 9.97. The van der Waals surface area contributed by atoms with E-state index >= 15 is 0 Å². The van der Waals surface area contributed by atoms with Gasteiger partial charge in [-0.15, -0.1) is 0 Å². The number of ether oxygens (including phenoxy) is 2. The highest BCUT2D eigenvalue weighted by atomic mass is 16.5. The number of hydrogen-bond donors (Lipinski definition) is 3. The smallest absolute Gasteiger partial charge is 0.190 e. The summed E-state index contributed by atoms with van der Waals surface area (Å²) in [6.07, 6.45) is 6.62. The SMILES string of the molecule is CN=C(NCCCOCC1CCCO1)NCCc1c[nH]c2cccc(C)c12. The van der Waals surface area contributed by atoms with Crippen LogP contribution < -0.4 is 10.6 Å². The summed E-state index contributed by atoms with van der Waals surface area (Å²) >= 11 is 0. The van der Waals surface area contributed by atoms with Crippen LogP contribution in [0.15, 0.2) is 29.4 Å². The van der Waals surface area contributed by atoms with E-state index in [1.165, 1.54) is 22.0 Å². The molecule has 6 heteroatoms. The fraction of sp³-hybridized carbons (Fsp3) is 0.571. The second-order valence-electron chi connectivity index (χ2n) is 7.05. The van der Waals surface area contributed by atoms with Crippen LogP contribution in [0.4, 0.5) is 0 Å². The van der Waals surface area contributed by atoms with Gasteiger partial charge in [0.15, 0.2) is 5.96 Å². The maximum Gasteiger partial charge on any atom is 0.190 e. The molecule has 0 aliphatic carbocycles. The van der Waals surface area contributed by atoms with Crippen molar-refractivity contribution in [3.63, 3.8) is 0 Å². The Morgan fingerprint density at radius 2 is 2.22 bits per heavy atom. The minimum Gasteiger partial charge on any atom is -0.379 e. The number of rotatable bonds is 9. The summed E-state index contributed by atoms with van der Waals surface area (Å²) in [6, 6.07) is 6.38. The van der Waals surface area contributed by atoms with Crippen molar-refractivity contribution in [1.82, 2.24) is 15.6 Å². The van der Waals surface area contributed by atoms with E-state index in [0.29, 0.717) is 6.10 Å². The minimum atomic E-state index is 0.306. The Balaban J connectivity index is 1.32. The predicted molar refractivity (Wildman–Crippen MR) is 111 cm³/mol. The Morgan fingerprint density at radius 3 is 3.04 bits per heavy atom. The third kappa shape index (κ3) is 5.71. The zero-order chi connectivity index (χ0) is 18.9. The lowest BCUT2D eigenvalue weighted by atomic mass is 10.1. The lowest BCUT2D eigenvalue weighted by Crippen LogP contribution is -2.39. The van der Waals surface area contributed by atoms with Crippen molar-refractivity contribution in [2.75, 3.05) is 40.0 Å². The quantitative estimate of drug-likeness (QED) is 0.360. The van der Waals surface area contributed by atoms with Gasteiger partial charge < -0.3 is 25.1 Å². The number of nitrogens with zero attached hydrogens (tertiary/aromatic N) is 1. The van der Waals surface area contributed by atoms with E-state index in [0.717, 1.165) is 64.6 Å². The topological polar surface area (TPSA) is 70.7 Å². The maximum absolute atomic E-state index is 5.69. The van der Waals surface area contributed by atoms with Gasteiger partial charge in [0.25, 0.3) is 0 Å². The second-order valence-corrected chi connectivity index (χ2v) is 7.05. The summed E-state index contributed by atoms with van der Waals surface area (Å²) in [6.45, 7) is 6.20. The molecule has 1 atom stereocenters. The highest BCUT2D eigenvalue weighted by Crippen LogP contribution is 2.22. The third-order valence-corrected chi connectivity index (χ3v) is 4.99. The molecule has 0 saturated carbocycles. The fourth-order valence-electron chi connectivity index (χ4n) is 3.56. The molecule has 1 aromatic carbocycles. The Hall–Kier alpha value is -2.05. The highest BCUT2D eigenvalue weighted by molar-refractivity contribution is 5.86. The lowest BCUT2D eigenvalue weighted by Gasteiger charge is -2.13. The van der Waals surface area contributed by atoms with Gasteiger partial charge in [-0.1, -0.05) is 12.1 Å². The molecule has 27 heavy (non-hydrogen) atoms. The van der Waals surface area contributed by atoms with Crippen LogP contribution >= 0.6 is 0 Å². The van der Waals surface area contributed by atoms with Crippen LogP contribution in [0, 0.1) is 6.92 Å². The van der Waals surface area contributed by atoms with Crippen molar-refractivity contribution in [3.05, 3.63) is 35.5 Å². The number of aliphatic imine (C=N–C) groups is 1. The number of nitrogens with one attached hydrogen (secondary N) is 3. The van der Waals surface area contributed by atoms with E-state index in [-0.39, 0.29) is 0 Å². The number of aromatic nitrogens is 1. The summed E-state index contributed by atoms with van der Waals surface area (Å²) in [5.74, 6) is 0.839. The van der Waals surface area contributed by atoms with Gasteiger partial charge in [-0.3, -0.25) is 4.99 Å². The Labute approximate surface area is 161 Å². The first-order valence-electron chi connectivity index (χ1n) is 9.97. The van der Waals surface area contributed by atoms with E-state index in [9.17, 15) is 0 Å². The molecule has 0 spiro atoms. The van der Waals surface area contributed by atoms with Crippen LogP contribution in [-0.4, -0.2) is 57.0 Å². The van der Waals surface area contributed by atoms with Gasteiger partial charge in [0, 0.05) is 50.5 Å². The van der Waals surface area contributed by atoms with Crippen molar-refractivity contribution in [2.45, 2.75) is 38.7 Å². The molecule has 3 rings (SSSR count). The highest BCUT2D eigenvalue weighted by Gasteiger charge is 2.14. The zero-order valence-electron chi connectivity index (χ0n) is 16.5. The minimum absolute atomic E-state index is 0.306. The molecule has 3 N–H and O–H groups in total. The molecule has 1 unspecified atom stereocenters. The van der Waals surface area contributed by atoms with Crippen molar-refractivity contribution >= 4 is 16.9 Å². The molecule has 6 nitrogen and oxygen atoms in total. The molecule has 148 valence electrons. The Bertz CT molecular complexity index is 735. The summed E-state index contributed by atoms with van der Waals surface area (Å²) in [5, 5.41) is 8.08. The normalized spacial score (nSPS) is 17.6. The number of guanidine groups is 1. The van der Waals surface area contributed by atoms with Crippen LogP contribution in [0.5, 0.6) is 0 Å². The fourth-order valence-corrected chi connectivity index (χ4v) is 3.56. The molecule has 0 bridgehead atoms. The first-order chi connectivity index (χ1) is 13.3. The van der Waals surface area contributed by atoms with Gasteiger partial charge in [-0.05, 0) is 49.8 Å². The predicted octanol–water partition coefficient (Wildman–Crippen LogP) is 2.77. The van der Waals surface area contributed by atoms with Gasteiger partial charge in [-0.2, -0.15) is 0 Å². The molecule has 1 saturated heterocycles. The van der Waals surface area contributed by atoms with Crippen molar-refractivity contribution in [3.8, 4) is 0 Å². The number of aromatic amines is 1. The van der Waals surface area contributed by atoms with Crippen LogP contribution in [0.1, 0.15) is 30.4 Å². The summed E-state index contributed by atoms with van der Waals surface area (Å²) in [5.41, 5.74) is 3.86. The monoisotopic (exact) mass is 372 g/mol. The maximum atomic E-state index is 5.69. The number of hydrogen-bond acceptors (Lipinski definition) is 3. The molecule has 2 aromatic rings. The van der Waals surface area contributed by atoms with E-state index in [1.54, 1.807) is 7.05 Å². The number of benzene rings is 1. The average Bonchev–Trinajstić information content (AvgIpc) is 3.33. The van der Waals surface area contributed by atoms with E-state index in [4.69, 9.17) is 9.47 Å². The molecular weight excluding hydrogens is 340 g/mol. The lowest BCUT2D eigenvalue weighted by molar-refractivity contribution is 0.0168. The van der Waals surface area contributed by atoms with Crippen molar-refractivity contribution < 1.29 is 9.47 Å². The standard InChI is InChI=1S/C21H32N4O2/c1-16-6-3-8-19-20(16)17(14-25-19)9-11-24-21(22-2)23-10-5-12-26-15-18-7-4-13-27-18/h3,6,8,14,18,25H,4-5,7,9-13,15H2,1-2H3,(H2,22,23,24). The number of H-pyrrole nitrogens is 1. The van der Waals surface area contributed by atoms with Crippen LogP contribution in [-0.2, 0) is 15.9 Å². The van der Waals surface area contributed by atoms with Crippen LogP contribution in [0.25, 0.3) is 10.9 Å². The van der Waals surface area contributed by atoms with Gasteiger partial charge in [0.2, 0.25) is 0 Å². The van der Waals surface area contributed by atoms with Gasteiger partial charge in [0.05, 0.1) is 12.7 Å². The number of aryl methyl sites for hydroxylation is 1. The van der Waals surface area contributed by atoms with Crippen LogP contribution in [0.2, 0.25) is 0 Å². The van der Waals surface area contributed by atoms with E-state index in [1.807, 2.05) is 0 Å². The Morgan fingerprint density at radius 1 is 1.33 bits per heavy atom. The molecule has 1 aliphatic heterocycles. The molecule has 2 heterocycles. The molecule has 1 aromatic heterocycles. The molecule has 1 fully saturated rings. The Kier molecular flexibility index (Phi) is 7.54. The van der Waals surface area contributed by atoms with E-state index in [2.05, 4.69) is 51.9 Å². The van der Waals surface area contributed by atoms with E-state index < -0.39 is 0 Å². The second kappa shape index (κ2) is 10.3. The third-order valence-electron chi connectivity index (χ3n) is 4.99. The first kappa shape index (κ1) is 19.7. The van der Waals surface area contributed by atoms with Crippen molar-refractivity contribution in [2.24, 2.45) is 4.99 Å². The molecule has 0 amide bonds. The van der Waals surface area contributed by atoms with Gasteiger partial charge in [-0.25, -0.2) is 0 Å². The number of fused-ring (bicyclic) bond motifs is 1. The van der Waals surface area contributed by atoms with Crippen LogP contribution in [0.3, 0.4) is 0 Å². The summed E-state index contributed by atoms with van der Waals surface area (Å²) in [4.78, 5) is 7.65. The zero-order valence-corrected chi connectivity index (χ0v) is 16.5. The molecular formula is C21H32N4O2. The summed E-state index contributed by atoms with van der Waals surface area (Å²) in [7, 11) is 1.80. The molecule has 1 aliphatic rings. The summed E-state index contributed by atoms with van der Waals surface area (Å²) < 4.78 is 11.2. The average molecular weight is 373 g/mol. The largest absolute Gasteiger partial charge is 0.379 e. The molecule has 0 radical (unpaired) electrons. The van der Waals surface area contributed by atoms with Gasteiger partial charge in [0.1, 0.15) is 0 Å². The van der Waals surface area contributed by atoms with Gasteiger partial charge >= 0.3 is 0 Å².